The molecule has 1 heterocycles. The first-order chi connectivity index (χ1) is 9.51. The Kier molecular flexibility index (Phi) is 4.94. The zero-order chi connectivity index (χ0) is 14.7. The Morgan fingerprint density at radius 2 is 2.10 bits per heavy atom. The van der Waals surface area contributed by atoms with Crippen molar-refractivity contribution < 1.29 is 9.18 Å². The van der Waals surface area contributed by atoms with Crippen LogP contribution in [0.4, 0.5) is 4.39 Å². The molecule has 0 aliphatic carbocycles. The summed E-state index contributed by atoms with van der Waals surface area (Å²) in [5.74, 6) is -0.376. The fourth-order valence-corrected chi connectivity index (χ4v) is 3.49. The highest BCUT2D eigenvalue weighted by molar-refractivity contribution is 9.11. The molecule has 0 fully saturated rings. The van der Waals surface area contributed by atoms with Gasteiger partial charge in [-0.1, -0.05) is 0 Å². The molecule has 2 rings (SSSR count). The van der Waals surface area contributed by atoms with Gasteiger partial charge in [0.05, 0.1) is 10.3 Å². The van der Waals surface area contributed by atoms with Gasteiger partial charge in [-0.3, -0.25) is 4.79 Å². The van der Waals surface area contributed by atoms with Crippen LogP contribution in [0.25, 0.3) is 0 Å². The largest absolute Gasteiger partial charge is 0.334 e. The third kappa shape index (κ3) is 3.46. The summed E-state index contributed by atoms with van der Waals surface area (Å²) in [6.45, 7) is 4.89. The molecule has 5 heteroatoms. The molecule has 1 aromatic carbocycles. The number of aryl methyl sites for hydroxylation is 1. The molecule has 20 heavy (non-hydrogen) atoms. The minimum Gasteiger partial charge on any atom is -0.334 e. The SMILES string of the molecule is CCN(Cc1ccc(Br)s1)C(=O)c1ccc(F)cc1C. The fraction of sp³-hybridized carbons (Fsp3) is 0.267. The molecule has 0 aliphatic rings. The Bertz CT molecular complexity index is 626. The van der Waals surface area contributed by atoms with Crippen molar-refractivity contribution in [3.05, 3.63) is 55.9 Å². The van der Waals surface area contributed by atoms with Gasteiger partial charge in [0.2, 0.25) is 0 Å². The van der Waals surface area contributed by atoms with Crippen molar-refractivity contribution in [2.24, 2.45) is 0 Å². The Morgan fingerprint density at radius 1 is 1.35 bits per heavy atom. The molecule has 0 radical (unpaired) electrons. The highest BCUT2D eigenvalue weighted by atomic mass is 79.9. The summed E-state index contributed by atoms with van der Waals surface area (Å²) in [7, 11) is 0. The van der Waals surface area contributed by atoms with E-state index in [1.807, 2.05) is 19.1 Å². The number of hydrogen-bond donors (Lipinski definition) is 0. The zero-order valence-electron chi connectivity index (χ0n) is 11.3. The van der Waals surface area contributed by atoms with Gasteiger partial charge in [-0.05, 0) is 65.7 Å². The highest BCUT2D eigenvalue weighted by Gasteiger charge is 2.17. The molecule has 0 atom stereocenters. The minimum absolute atomic E-state index is 0.0606. The molecule has 0 saturated carbocycles. The van der Waals surface area contributed by atoms with E-state index >= 15 is 0 Å². The third-order valence-electron chi connectivity index (χ3n) is 3.06. The van der Waals surface area contributed by atoms with E-state index in [-0.39, 0.29) is 11.7 Å². The summed E-state index contributed by atoms with van der Waals surface area (Å²) in [6, 6.07) is 8.25. The average Bonchev–Trinajstić information content (AvgIpc) is 2.81. The second kappa shape index (κ2) is 6.50. The first-order valence-corrected chi connectivity index (χ1v) is 7.92. The number of thiophene rings is 1. The molecular formula is C15H15BrFNOS. The maximum atomic E-state index is 13.1. The first kappa shape index (κ1) is 15.2. The summed E-state index contributed by atoms with van der Waals surface area (Å²) >= 11 is 5.03. The van der Waals surface area contributed by atoms with Crippen LogP contribution in [0.3, 0.4) is 0 Å². The predicted molar refractivity (Wildman–Crippen MR) is 83.6 cm³/mol. The standard InChI is InChI=1S/C15H15BrFNOS/c1-3-18(9-12-5-7-14(16)20-12)15(19)13-6-4-11(17)8-10(13)2/h4-8H,3,9H2,1-2H3. The van der Waals surface area contributed by atoms with Crippen molar-refractivity contribution in [3.8, 4) is 0 Å². The van der Waals surface area contributed by atoms with Crippen LogP contribution in [-0.4, -0.2) is 17.4 Å². The minimum atomic E-state index is -0.315. The topological polar surface area (TPSA) is 20.3 Å². The van der Waals surface area contributed by atoms with Gasteiger partial charge in [-0.2, -0.15) is 0 Å². The van der Waals surface area contributed by atoms with Crippen molar-refractivity contribution >= 4 is 33.2 Å². The summed E-state index contributed by atoms with van der Waals surface area (Å²) in [5.41, 5.74) is 1.23. The van der Waals surface area contributed by atoms with E-state index in [9.17, 15) is 9.18 Å². The molecule has 0 saturated heterocycles. The molecule has 2 aromatic rings. The maximum absolute atomic E-state index is 13.1. The van der Waals surface area contributed by atoms with Crippen LogP contribution in [0.1, 0.15) is 27.7 Å². The van der Waals surface area contributed by atoms with E-state index in [1.165, 1.54) is 12.1 Å². The summed E-state index contributed by atoms with van der Waals surface area (Å²) in [5, 5.41) is 0. The fourth-order valence-electron chi connectivity index (χ4n) is 1.99. The molecule has 0 N–H and O–H groups in total. The van der Waals surface area contributed by atoms with Crippen LogP contribution >= 0.6 is 27.3 Å². The van der Waals surface area contributed by atoms with Gasteiger partial charge < -0.3 is 4.90 Å². The third-order valence-corrected chi connectivity index (χ3v) is 4.67. The molecule has 1 amide bonds. The van der Waals surface area contributed by atoms with Crippen molar-refractivity contribution in [3.63, 3.8) is 0 Å². The number of halogens is 2. The molecule has 0 spiro atoms. The van der Waals surface area contributed by atoms with Gasteiger partial charge in [0, 0.05) is 17.0 Å². The van der Waals surface area contributed by atoms with E-state index in [4.69, 9.17) is 0 Å². The summed E-state index contributed by atoms with van der Waals surface area (Å²) < 4.78 is 14.2. The zero-order valence-corrected chi connectivity index (χ0v) is 13.7. The molecule has 106 valence electrons. The van der Waals surface area contributed by atoms with Crippen molar-refractivity contribution in [1.82, 2.24) is 4.90 Å². The average molecular weight is 356 g/mol. The van der Waals surface area contributed by atoms with Gasteiger partial charge in [0.15, 0.2) is 0 Å². The van der Waals surface area contributed by atoms with Gasteiger partial charge in [0.25, 0.3) is 5.91 Å². The number of carbonyl (C=O) groups excluding carboxylic acids is 1. The van der Waals surface area contributed by atoms with Crippen LogP contribution in [0.5, 0.6) is 0 Å². The number of rotatable bonds is 4. The van der Waals surface area contributed by atoms with E-state index in [2.05, 4.69) is 15.9 Å². The Morgan fingerprint density at radius 3 is 2.65 bits per heavy atom. The summed E-state index contributed by atoms with van der Waals surface area (Å²) in [4.78, 5) is 15.4. The number of nitrogens with zero attached hydrogens (tertiary/aromatic N) is 1. The number of hydrogen-bond acceptors (Lipinski definition) is 2. The lowest BCUT2D eigenvalue weighted by atomic mass is 10.1. The Hall–Kier alpha value is -1.20. The Labute approximate surface area is 130 Å². The van der Waals surface area contributed by atoms with Crippen LogP contribution < -0.4 is 0 Å². The van der Waals surface area contributed by atoms with E-state index in [1.54, 1.807) is 29.2 Å². The second-order valence-electron chi connectivity index (χ2n) is 4.48. The normalized spacial score (nSPS) is 10.6. The predicted octanol–water partition coefficient (Wildman–Crippen LogP) is 4.62. The lowest BCUT2D eigenvalue weighted by Crippen LogP contribution is -2.30. The Balaban J connectivity index is 2.20. The highest BCUT2D eigenvalue weighted by Crippen LogP contribution is 2.24. The molecule has 2 nitrogen and oxygen atoms in total. The number of amides is 1. The van der Waals surface area contributed by atoms with Gasteiger partial charge in [-0.15, -0.1) is 11.3 Å². The molecule has 0 aliphatic heterocycles. The lowest BCUT2D eigenvalue weighted by Gasteiger charge is -2.21. The maximum Gasteiger partial charge on any atom is 0.254 e. The monoisotopic (exact) mass is 355 g/mol. The lowest BCUT2D eigenvalue weighted by molar-refractivity contribution is 0.0753. The van der Waals surface area contributed by atoms with E-state index < -0.39 is 0 Å². The quantitative estimate of drug-likeness (QED) is 0.783. The van der Waals surface area contributed by atoms with Crippen molar-refractivity contribution in [1.29, 1.82) is 0 Å². The van der Waals surface area contributed by atoms with Crippen LogP contribution in [0, 0.1) is 12.7 Å². The van der Waals surface area contributed by atoms with Crippen LogP contribution in [0.2, 0.25) is 0 Å². The van der Waals surface area contributed by atoms with Gasteiger partial charge >= 0.3 is 0 Å². The van der Waals surface area contributed by atoms with Gasteiger partial charge in [-0.25, -0.2) is 4.39 Å². The van der Waals surface area contributed by atoms with Crippen molar-refractivity contribution in [2.75, 3.05) is 6.54 Å². The van der Waals surface area contributed by atoms with E-state index in [0.717, 1.165) is 8.66 Å². The van der Waals surface area contributed by atoms with Gasteiger partial charge in [0.1, 0.15) is 5.82 Å². The number of benzene rings is 1. The van der Waals surface area contributed by atoms with E-state index in [0.29, 0.717) is 24.2 Å². The van der Waals surface area contributed by atoms with Crippen molar-refractivity contribution in [2.45, 2.75) is 20.4 Å². The smallest absolute Gasteiger partial charge is 0.254 e. The van der Waals surface area contributed by atoms with Crippen LogP contribution in [0.15, 0.2) is 34.1 Å². The molecule has 0 unspecified atom stereocenters. The molecule has 1 aromatic heterocycles. The molecular weight excluding hydrogens is 341 g/mol. The molecule has 0 bridgehead atoms. The summed E-state index contributed by atoms with van der Waals surface area (Å²) in [6.07, 6.45) is 0. The first-order valence-electron chi connectivity index (χ1n) is 6.31. The second-order valence-corrected chi connectivity index (χ2v) is 7.03. The van der Waals surface area contributed by atoms with Crippen LogP contribution in [-0.2, 0) is 6.54 Å². The number of carbonyl (C=O) groups is 1.